The van der Waals surface area contributed by atoms with Crippen LogP contribution in [-0.4, -0.2) is 25.9 Å². The van der Waals surface area contributed by atoms with Crippen LogP contribution in [0.3, 0.4) is 0 Å². The first-order valence-electron chi connectivity index (χ1n) is 7.08. The molecule has 2 heterocycles. The molecule has 1 aromatic carbocycles. The number of carbonyl (C=O) groups is 1. The van der Waals surface area contributed by atoms with Gasteiger partial charge >= 0.3 is 5.97 Å². The van der Waals surface area contributed by atoms with Crippen LogP contribution in [0.2, 0.25) is 5.02 Å². The van der Waals surface area contributed by atoms with E-state index in [1.807, 2.05) is 0 Å². The Bertz CT molecular complexity index is 880. The quantitative estimate of drug-likeness (QED) is 0.752. The minimum Gasteiger partial charge on any atom is -0.492 e. The highest BCUT2D eigenvalue weighted by atomic mass is 35.5. The molecule has 2 aromatic heterocycles. The fourth-order valence-corrected chi connectivity index (χ4v) is 2.34. The molecule has 8 heteroatoms. The number of aromatic nitrogens is 2. The Labute approximate surface area is 141 Å². The molecule has 3 rings (SSSR count). The van der Waals surface area contributed by atoms with E-state index in [2.05, 4.69) is 4.98 Å². The van der Waals surface area contributed by atoms with Gasteiger partial charge in [0, 0.05) is 12.1 Å². The Morgan fingerprint density at radius 2 is 1.92 bits per heavy atom. The summed E-state index contributed by atoms with van der Waals surface area (Å²) in [5, 5.41) is 19.5. The molecule has 0 radical (unpaired) electrons. The standard InChI is InChI=1S/C16H13ClN2O5/c1-2-11-14(16(22)24-19-12(20)7-8-13(19)21)23-15(18-11)9-5-3-4-6-10(9)17/h3-8,20-21H,2H2,1H3. The number of rotatable bonds is 4. The van der Waals surface area contributed by atoms with Gasteiger partial charge in [-0.25, -0.2) is 9.78 Å². The molecule has 0 aliphatic heterocycles. The Balaban J connectivity index is 1.96. The third kappa shape index (κ3) is 2.81. The second-order valence-corrected chi connectivity index (χ2v) is 5.26. The molecule has 0 atom stereocenters. The van der Waals surface area contributed by atoms with Gasteiger partial charge in [0.25, 0.3) is 0 Å². The summed E-state index contributed by atoms with van der Waals surface area (Å²) >= 11 is 6.11. The van der Waals surface area contributed by atoms with Crippen LogP contribution < -0.4 is 4.84 Å². The fourth-order valence-electron chi connectivity index (χ4n) is 2.12. The second kappa shape index (κ2) is 6.29. The molecule has 0 aliphatic carbocycles. The molecule has 124 valence electrons. The van der Waals surface area contributed by atoms with Crippen LogP contribution >= 0.6 is 11.6 Å². The number of hydrogen-bond donors (Lipinski definition) is 2. The molecule has 7 nitrogen and oxygen atoms in total. The molecule has 0 saturated heterocycles. The highest BCUT2D eigenvalue weighted by molar-refractivity contribution is 6.33. The number of oxazole rings is 1. The van der Waals surface area contributed by atoms with Gasteiger partial charge in [0.15, 0.2) is 0 Å². The minimum atomic E-state index is -0.903. The van der Waals surface area contributed by atoms with Crippen molar-refractivity contribution in [2.75, 3.05) is 0 Å². The van der Waals surface area contributed by atoms with E-state index in [4.69, 9.17) is 20.9 Å². The highest BCUT2D eigenvalue weighted by Crippen LogP contribution is 2.29. The summed E-state index contributed by atoms with van der Waals surface area (Å²) in [5.74, 6) is -1.70. The molecule has 24 heavy (non-hydrogen) atoms. The van der Waals surface area contributed by atoms with Crippen molar-refractivity contribution in [3.8, 4) is 23.2 Å². The molecule has 0 unspecified atom stereocenters. The van der Waals surface area contributed by atoms with E-state index in [0.29, 0.717) is 27.4 Å². The Hall–Kier alpha value is -2.93. The van der Waals surface area contributed by atoms with Crippen LogP contribution in [0, 0.1) is 0 Å². The number of aryl methyl sites for hydroxylation is 1. The van der Waals surface area contributed by atoms with E-state index in [0.717, 1.165) is 0 Å². The van der Waals surface area contributed by atoms with E-state index >= 15 is 0 Å². The average molecular weight is 349 g/mol. The third-order valence-electron chi connectivity index (χ3n) is 3.29. The van der Waals surface area contributed by atoms with E-state index in [1.54, 1.807) is 31.2 Å². The Morgan fingerprint density at radius 1 is 1.25 bits per heavy atom. The van der Waals surface area contributed by atoms with Crippen molar-refractivity contribution in [2.24, 2.45) is 0 Å². The van der Waals surface area contributed by atoms with Crippen LogP contribution in [0.1, 0.15) is 23.2 Å². The van der Waals surface area contributed by atoms with Gasteiger partial charge in [0.05, 0.1) is 16.3 Å². The summed E-state index contributed by atoms with van der Waals surface area (Å²) < 4.78 is 6.10. The average Bonchev–Trinajstić information content (AvgIpc) is 3.13. The van der Waals surface area contributed by atoms with Gasteiger partial charge in [-0.1, -0.05) is 30.7 Å². The topological polar surface area (TPSA) is 97.7 Å². The lowest BCUT2D eigenvalue weighted by molar-refractivity contribution is 0.0346. The van der Waals surface area contributed by atoms with Gasteiger partial charge in [-0.3, -0.25) is 0 Å². The Morgan fingerprint density at radius 3 is 2.54 bits per heavy atom. The lowest BCUT2D eigenvalue weighted by Gasteiger charge is -2.05. The lowest BCUT2D eigenvalue weighted by Crippen LogP contribution is -2.19. The molecule has 0 spiro atoms. The molecule has 0 saturated carbocycles. The molecular formula is C16H13ClN2O5. The van der Waals surface area contributed by atoms with Gasteiger partial charge in [0.2, 0.25) is 23.4 Å². The van der Waals surface area contributed by atoms with Crippen molar-refractivity contribution < 1.29 is 24.3 Å². The predicted molar refractivity (Wildman–Crippen MR) is 85.0 cm³/mol. The van der Waals surface area contributed by atoms with Crippen molar-refractivity contribution in [1.29, 1.82) is 0 Å². The zero-order valence-corrected chi connectivity index (χ0v) is 13.3. The van der Waals surface area contributed by atoms with Crippen LogP contribution in [0.5, 0.6) is 11.8 Å². The van der Waals surface area contributed by atoms with Gasteiger partial charge in [-0.2, -0.15) is 0 Å². The highest BCUT2D eigenvalue weighted by Gasteiger charge is 2.24. The number of benzene rings is 1. The summed E-state index contributed by atoms with van der Waals surface area (Å²) in [7, 11) is 0. The number of halogens is 1. The SMILES string of the molecule is CCc1nc(-c2ccccc2Cl)oc1C(=O)On1c(O)ccc1O. The maximum Gasteiger partial charge on any atom is 0.401 e. The summed E-state index contributed by atoms with van der Waals surface area (Å²) in [6, 6.07) is 9.29. The normalized spacial score (nSPS) is 10.8. The van der Waals surface area contributed by atoms with Crippen molar-refractivity contribution >= 4 is 17.6 Å². The predicted octanol–water partition coefficient (Wildman–Crippen LogP) is 3.04. The summed E-state index contributed by atoms with van der Waals surface area (Å²) in [6.07, 6.45) is 0.419. The molecule has 0 amide bonds. The number of nitrogens with zero attached hydrogens (tertiary/aromatic N) is 2. The first-order chi connectivity index (χ1) is 11.5. The monoisotopic (exact) mass is 348 g/mol. The summed E-state index contributed by atoms with van der Waals surface area (Å²) in [4.78, 5) is 21.5. The number of carbonyl (C=O) groups excluding carboxylic acids is 1. The van der Waals surface area contributed by atoms with Crippen molar-refractivity contribution in [2.45, 2.75) is 13.3 Å². The molecule has 2 N–H and O–H groups in total. The molecule has 0 bridgehead atoms. The van der Waals surface area contributed by atoms with E-state index < -0.39 is 17.7 Å². The Kier molecular flexibility index (Phi) is 4.18. The van der Waals surface area contributed by atoms with Crippen molar-refractivity contribution in [1.82, 2.24) is 9.71 Å². The zero-order chi connectivity index (χ0) is 17.3. The van der Waals surface area contributed by atoms with Crippen LogP contribution in [0.15, 0.2) is 40.8 Å². The van der Waals surface area contributed by atoms with Crippen LogP contribution in [0.25, 0.3) is 11.5 Å². The van der Waals surface area contributed by atoms with Crippen LogP contribution in [-0.2, 0) is 6.42 Å². The number of aromatic hydroxyl groups is 2. The van der Waals surface area contributed by atoms with E-state index in [1.165, 1.54) is 12.1 Å². The van der Waals surface area contributed by atoms with Gasteiger partial charge in [-0.15, -0.1) is 4.73 Å². The van der Waals surface area contributed by atoms with Crippen molar-refractivity contribution in [3.05, 3.63) is 52.9 Å². The van der Waals surface area contributed by atoms with Gasteiger partial charge in [-0.05, 0) is 18.6 Å². The van der Waals surface area contributed by atoms with Crippen molar-refractivity contribution in [3.63, 3.8) is 0 Å². The second-order valence-electron chi connectivity index (χ2n) is 4.85. The summed E-state index contributed by atoms with van der Waals surface area (Å²) in [6.45, 7) is 1.80. The molecular weight excluding hydrogens is 336 g/mol. The first kappa shape index (κ1) is 15.9. The fraction of sp³-hybridized carbons (Fsp3) is 0.125. The minimum absolute atomic E-state index is 0.125. The molecule has 0 aliphatic rings. The third-order valence-corrected chi connectivity index (χ3v) is 3.62. The maximum atomic E-state index is 12.3. The van der Waals surface area contributed by atoms with Gasteiger partial charge in [0.1, 0.15) is 0 Å². The van der Waals surface area contributed by atoms with E-state index in [9.17, 15) is 15.0 Å². The first-order valence-corrected chi connectivity index (χ1v) is 7.46. The maximum absolute atomic E-state index is 12.3. The largest absolute Gasteiger partial charge is 0.492 e. The lowest BCUT2D eigenvalue weighted by atomic mass is 10.2. The molecule has 0 fully saturated rings. The summed E-state index contributed by atoms with van der Waals surface area (Å²) in [5.41, 5.74) is 0.917. The number of hydrogen-bond acceptors (Lipinski definition) is 6. The van der Waals surface area contributed by atoms with Crippen LogP contribution in [0.4, 0.5) is 0 Å². The smallest absolute Gasteiger partial charge is 0.401 e. The zero-order valence-electron chi connectivity index (χ0n) is 12.6. The molecule has 3 aromatic rings. The van der Waals surface area contributed by atoms with Gasteiger partial charge < -0.3 is 19.5 Å². The van der Waals surface area contributed by atoms with E-state index in [-0.39, 0.29) is 11.7 Å².